The van der Waals surface area contributed by atoms with Crippen LogP contribution >= 0.6 is 15.9 Å². The smallest absolute Gasteiger partial charge is 0.244 e. The molecule has 1 aliphatic carbocycles. The van der Waals surface area contributed by atoms with Crippen molar-refractivity contribution < 1.29 is 4.79 Å². The molecule has 1 aromatic rings. The summed E-state index contributed by atoms with van der Waals surface area (Å²) in [6.45, 7) is 3.78. The van der Waals surface area contributed by atoms with Gasteiger partial charge in [-0.25, -0.2) is 0 Å². The lowest BCUT2D eigenvalue weighted by molar-refractivity contribution is -0.126. The number of nitrogens with one attached hydrogen (secondary N) is 2. The fourth-order valence-corrected chi connectivity index (χ4v) is 3.13. The first-order valence-corrected chi connectivity index (χ1v) is 7.36. The Balaban J connectivity index is 1.69. The van der Waals surface area contributed by atoms with E-state index in [1.54, 1.807) is 6.92 Å². The van der Waals surface area contributed by atoms with Crippen molar-refractivity contribution in [3.05, 3.63) is 34.3 Å². The summed E-state index contributed by atoms with van der Waals surface area (Å²) in [6, 6.07) is 7.90. The van der Waals surface area contributed by atoms with Crippen molar-refractivity contribution in [1.29, 1.82) is 0 Å². The monoisotopic (exact) mass is 323 g/mol. The molecule has 1 heterocycles. The predicted octanol–water partition coefficient (Wildman–Crippen LogP) is 0.957. The molecule has 1 amide bonds. The van der Waals surface area contributed by atoms with Crippen molar-refractivity contribution in [3.8, 4) is 0 Å². The highest BCUT2D eigenvalue weighted by molar-refractivity contribution is 9.10. The Morgan fingerprint density at radius 1 is 1.37 bits per heavy atom. The normalized spacial score (nSPS) is 31.4. The summed E-state index contributed by atoms with van der Waals surface area (Å²) in [4.78, 5) is 12.4. The second-order valence-electron chi connectivity index (χ2n) is 5.69. The molecule has 19 heavy (non-hydrogen) atoms. The van der Waals surface area contributed by atoms with Crippen molar-refractivity contribution in [2.45, 2.75) is 18.5 Å². The number of hydrogen-bond donors (Lipinski definition) is 3. The number of hydrogen-bond acceptors (Lipinski definition) is 3. The highest BCUT2D eigenvalue weighted by atomic mass is 79.9. The van der Waals surface area contributed by atoms with Crippen LogP contribution in [-0.4, -0.2) is 25.0 Å². The van der Waals surface area contributed by atoms with Crippen molar-refractivity contribution in [3.63, 3.8) is 0 Å². The van der Waals surface area contributed by atoms with Gasteiger partial charge in [0.15, 0.2) is 0 Å². The average Bonchev–Trinajstić information content (AvgIpc) is 2.83. The minimum Gasteiger partial charge on any atom is -0.351 e. The van der Waals surface area contributed by atoms with E-state index in [0.29, 0.717) is 17.9 Å². The molecule has 3 rings (SSSR count). The highest BCUT2D eigenvalue weighted by Crippen LogP contribution is 2.42. The van der Waals surface area contributed by atoms with Crippen LogP contribution in [0, 0.1) is 11.8 Å². The molecule has 0 bridgehead atoms. The molecule has 102 valence electrons. The standard InChI is InChI=1S/C14H18BrN3O/c1-14(16,8-2-4-9(15)5-3-8)13(19)18-12-10-6-17-7-11(10)12/h2-5,10-12,17H,6-7,16H2,1H3,(H,18,19). The van der Waals surface area contributed by atoms with Gasteiger partial charge in [-0.3, -0.25) is 4.79 Å². The Morgan fingerprint density at radius 3 is 2.53 bits per heavy atom. The molecule has 1 aliphatic heterocycles. The molecule has 2 aliphatic rings. The van der Waals surface area contributed by atoms with Crippen LogP contribution in [0.15, 0.2) is 28.7 Å². The molecular formula is C14H18BrN3O. The molecule has 0 radical (unpaired) electrons. The van der Waals surface area contributed by atoms with E-state index in [0.717, 1.165) is 23.1 Å². The predicted molar refractivity (Wildman–Crippen MR) is 77.5 cm³/mol. The fraction of sp³-hybridized carbons (Fsp3) is 0.500. The van der Waals surface area contributed by atoms with Gasteiger partial charge in [-0.2, -0.15) is 0 Å². The summed E-state index contributed by atoms with van der Waals surface area (Å²) in [5, 5.41) is 6.41. The number of fused-ring (bicyclic) bond motifs is 1. The third kappa shape index (κ3) is 2.30. The Labute approximate surface area is 121 Å². The van der Waals surface area contributed by atoms with E-state index in [-0.39, 0.29) is 5.91 Å². The van der Waals surface area contributed by atoms with Crippen LogP contribution in [0.1, 0.15) is 12.5 Å². The summed E-state index contributed by atoms with van der Waals surface area (Å²) in [5.74, 6) is 1.11. The van der Waals surface area contributed by atoms with Crippen LogP contribution in [0.2, 0.25) is 0 Å². The van der Waals surface area contributed by atoms with E-state index in [9.17, 15) is 4.79 Å². The van der Waals surface area contributed by atoms with Crippen LogP contribution in [0.5, 0.6) is 0 Å². The van der Waals surface area contributed by atoms with Crippen molar-refractivity contribution in [2.24, 2.45) is 17.6 Å². The van der Waals surface area contributed by atoms with Crippen LogP contribution in [0.3, 0.4) is 0 Å². The molecule has 4 nitrogen and oxygen atoms in total. The molecule has 1 aromatic carbocycles. The Morgan fingerprint density at radius 2 is 1.95 bits per heavy atom. The van der Waals surface area contributed by atoms with E-state index >= 15 is 0 Å². The highest BCUT2D eigenvalue weighted by Gasteiger charge is 2.54. The second-order valence-corrected chi connectivity index (χ2v) is 6.61. The quantitative estimate of drug-likeness (QED) is 0.776. The molecule has 3 unspecified atom stereocenters. The number of halogens is 1. The average molecular weight is 324 g/mol. The molecule has 3 atom stereocenters. The Kier molecular flexibility index (Phi) is 3.15. The Hall–Kier alpha value is -0.910. The fourth-order valence-electron chi connectivity index (χ4n) is 2.86. The van der Waals surface area contributed by atoms with Gasteiger partial charge in [0, 0.05) is 23.6 Å². The maximum Gasteiger partial charge on any atom is 0.244 e. The lowest BCUT2D eigenvalue weighted by Crippen LogP contribution is -2.50. The molecule has 0 aromatic heterocycles. The van der Waals surface area contributed by atoms with Gasteiger partial charge in [-0.05, 0) is 36.5 Å². The molecule has 1 saturated heterocycles. The third-order valence-electron chi connectivity index (χ3n) is 4.31. The van der Waals surface area contributed by atoms with E-state index in [2.05, 4.69) is 26.6 Å². The summed E-state index contributed by atoms with van der Waals surface area (Å²) < 4.78 is 0.982. The maximum absolute atomic E-state index is 12.4. The van der Waals surface area contributed by atoms with Crippen LogP contribution in [-0.2, 0) is 10.3 Å². The van der Waals surface area contributed by atoms with Crippen LogP contribution in [0.4, 0.5) is 0 Å². The van der Waals surface area contributed by atoms with Gasteiger partial charge in [0.05, 0.1) is 0 Å². The number of nitrogens with two attached hydrogens (primary N) is 1. The van der Waals surface area contributed by atoms with E-state index in [1.165, 1.54) is 0 Å². The first-order chi connectivity index (χ1) is 9.00. The zero-order valence-electron chi connectivity index (χ0n) is 10.8. The van der Waals surface area contributed by atoms with E-state index in [4.69, 9.17) is 5.73 Å². The summed E-state index contributed by atoms with van der Waals surface area (Å²) in [7, 11) is 0. The van der Waals surface area contributed by atoms with Gasteiger partial charge in [0.1, 0.15) is 5.54 Å². The minimum absolute atomic E-state index is 0.0887. The van der Waals surface area contributed by atoms with E-state index in [1.807, 2.05) is 24.3 Å². The van der Waals surface area contributed by atoms with Crippen molar-refractivity contribution in [1.82, 2.24) is 10.6 Å². The summed E-state index contributed by atoms with van der Waals surface area (Å²) in [5.41, 5.74) is 6.06. The van der Waals surface area contributed by atoms with Crippen molar-refractivity contribution in [2.75, 3.05) is 13.1 Å². The second kappa shape index (κ2) is 4.58. The topological polar surface area (TPSA) is 67.2 Å². The maximum atomic E-state index is 12.4. The van der Waals surface area contributed by atoms with Gasteiger partial charge in [0.2, 0.25) is 5.91 Å². The first kappa shape index (κ1) is 13.1. The largest absolute Gasteiger partial charge is 0.351 e. The number of rotatable bonds is 3. The molecule has 2 fully saturated rings. The number of amides is 1. The van der Waals surface area contributed by atoms with Crippen LogP contribution in [0.25, 0.3) is 0 Å². The third-order valence-corrected chi connectivity index (χ3v) is 4.83. The minimum atomic E-state index is -0.981. The van der Waals surface area contributed by atoms with Gasteiger partial charge in [-0.1, -0.05) is 28.1 Å². The lowest BCUT2D eigenvalue weighted by atomic mass is 9.92. The Bertz CT molecular complexity index is 490. The summed E-state index contributed by atoms with van der Waals surface area (Å²) >= 11 is 3.38. The number of benzene rings is 1. The molecular weight excluding hydrogens is 306 g/mol. The van der Waals surface area contributed by atoms with Gasteiger partial charge in [0.25, 0.3) is 0 Å². The van der Waals surface area contributed by atoms with Gasteiger partial charge in [-0.15, -0.1) is 0 Å². The molecule has 5 heteroatoms. The van der Waals surface area contributed by atoms with Gasteiger partial charge >= 0.3 is 0 Å². The molecule has 0 spiro atoms. The number of carbonyl (C=O) groups is 1. The van der Waals surface area contributed by atoms with Crippen molar-refractivity contribution >= 4 is 21.8 Å². The zero-order chi connectivity index (χ0) is 13.6. The number of carbonyl (C=O) groups excluding carboxylic acids is 1. The van der Waals surface area contributed by atoms with E-state index < -0.39 is 5.54 Å². The van der Waals surface area contributed by atoms with Crippen LogP contribution < -0.4 is 16.4 Å². The first-order valence-electron chi connectivity index (χ1n) is 6.57. The van der Waals surface area contributed by atoms with Gasteiger partial charge < -0.3 is 16.4 Å². The number of piperidine rings is 1. The zero-order valence-corrected chi connectivity index (χ0v) is 12.4. The molecule has 1 saturated carbocycles. The lowest BCUT2D eigenvalue weighted by Gasteiger charge is -2.24. The summed E-state index contributed by atoms with van der Waals surface area (Å²) in [6.07, 6.45) is 0. The SMILES string of the molecule is CC(N)(C(=O)NC1C2CNCC21)c1ccc(Br)cc1. The molecule has 4 N–H and O–H groups in total.